The Morgan fingerprint density at radius 2 is 1.33 bits per heavy atom. The van der Waals surface area contributed by atoms with E-state index in [0.29, 0.717) is 0 Å². The Labute approximate surface area is 50.3 Å². The summed E-state index contributed by atoms with van der Waals surface area (Å²) in [4.78, 5) is 20.8. The molecule has 52 valence electrons. The van der Waals surface area contributed by atoms with Crippen molar-refractivity contribution in [1.29, 1.82) is 0 Å². The summed E-state index contributed by atoms with van der Waals surface area (Å²) in [5.74, 6) is 0. The standard InChI is InChI=1S/C2HNO2.C2H6O2/c4-1-2(5)3-1;3-1-2-4/h(H,3,4,5);3-4H,1-2H2. The van der Waals surface area contributed by atoms with Gasteiger partial charge < -0.3 is 10.2 Å². The average molecular weight is 133 g/mol. The first-order chi connectivity index (χ1) is 4.22. The summed E-state index contributed by atoms with van der Waals surface area (Å²) in [6.45, 7) is -0.250. The number of aliphatic hydroxyl groups is 2. The van der Waals surface area contributed by atoms with Crippen molar-refractivity contribution in [2.75, 3.05) is 13.2 Å². The largest absolute Gasteiger partial charge is 0.394 e. The van der Waals surface area contributed by atoms with Crippen LogP contribution in [-0.4, -0.2) is 28.4 Å². The van der Waals surface area contributed by atoms with Crippen LogP contribution in [0.1, 0.15) is 0 Å². The zero-order chi connectivity index (χ0) is 7.28. The summed E-state index contributed by atoms with van der Waals surface area (Å²) in [7, 11) is 0. The summed E-state index contributed by atoms with van der Waals surface area (Å²) >= 11 is 0. The molecular weight excluding hydrogens is 126 g/mol. The average Bonchev–Trinajstić information content (AvgIpc) is 2.47. The maximum absolute atomic E-state index is 9.43. The van der Waals surface area contributed by atoms with Crippen LogP contribution in [0.3, 0.4) is 0 Å². The van der Waals surface area contributed by atoms with E-state index in [0.717, 1.165) is 0 Å². The van der Waals surface area contributed by atoms with Gasteiger partial charge in [-0.2, -0.15) is 0 Å². The van der Waals surface area contributed by atoms with Gasteiger partial charge in [0.05, 0.1) is 13.2 Å². The molecule has 0 bridgehead atoms. The molecule has 0 amide bonds. The van der Waals surface area contributed by atoms with Crippen molar-refractivity contribution in [3.8, 4) is 0 Å². The molecule has 0 aliphatic heterocycles. The lowest BCUT2D eigenvalue weighted by Gasteiger charge is -1.70. The molecule has 0 radical (unpaired) electrons. The van der Waals surface area contributed by atoms with Crippen LogP contribution < -0.4 is 11.1 Å². The first kappa shape index (κ1) is 8.06. The van der Waals surface area contributed by atoms with Gasteiger partial charge >= 0.3 is 11.1 Å². The van der Waals surface area contributed by atoms with Crippen LogP contribution in [0.25, 0.3) is 0 Å². The van der Waals surface area contributed by atoms with E-state index in [1.54, 1.807) is 0 Å². The number of aromatic nitrogens is 1. The van der Waals surface area contributed by atoms with E-state index in [2.05, 4.69) is 0 Å². The van der Waals surface area contributed by atoms with E-state index in [-0.39, 0.29) is 13.2 Å². The van der Waals surface area contributed by atoms with Crippen LogP contribution in [-0.2, 0) is 0 Å². The normalized spacial score (nSPS) is 8.67. The maximum atomic E-state index is 9.43. The molecule has 0 atom stereocenters. The third-order valence-electron chi connectivity index (χ3n) is 0.471. The van der Waals surface area contributed by atoms with Gasteiger partial charge in [-0.25, -0.2) is 0 Å². The van der Waals surface area contributed by atoms with Gasteiger partial charge in [-0.1, -0.05) is 0 Å². The zero-order valence-electron chi connectivity index (χ0n) is 4.63. The van der Waals surface area contributed by atoms with Crippen LogP contribution in [0, 0.1) is 0 Å². The van der Waals surface area contributed by atoms with Gasteiger partial charge in [-0.15, -0.1) is 0 Å². The van der Waals surface area contributed by atoms with Gasteiger partial charge in [-0.3, -0.25) is 14.6 Å². The number of H-pyrrole nitrogens is 1. The fraction of sp³-hybridized carbons (Fsp3) is 0.500. The lowest BCUT2D eigenvalue weighted by molar-refractivity contribution is 0.186. The third-order valence-corrected chi connectivity index (χ3v) is 0.471. The van der Waals surface area contributed by atoms with Crippen molar-refractivity contribution in [3.05, 3.63) is 20.7 Å². The fourth-order valence-electron chi connectivity index (χ4n) is 0.0719. The SMILES string of the molecule is O=c1[nH]c1=O.OCCO. The Kier molecular flexibility index (Phi) is 3.57. The molecule has 0 aliphatic rings. The van der Waals surface area contributed by atoms with E-state index in [1.165, 1.54) is 0 Å². The number of aromatic amines is 1. The molecule has 1 rings (SSSR count). The van der Waals surface area contributed by atoms with Gasteiger partial charge in [0.2, 0.25) is 0 Å². The number of hydrogen-bond acceptors (Lipinski definition) is 4. The van der Waals surface area contributed by atoms with Crippen molar-refractivity contribution in [2.45, 2.75) is 0 Å². The smallest absolute Gasteiger partial charge is 0.316 e. The quantitative estimate of drug-likeness (QED) is 0.372. The molecular formula is C4H7NO4. The number of hydrogen-bond donors (Lipinski definition) is 3. The summed E-state index contributed by atoms with van der Waals surface area (Å²) < 4.78 is 0. The number of rotatable bonds is 1. The predicted molar refractivity (Wildman–Crippen MR) is 29.9 cm³/mol. The molecule has 1 heterocycles. The molecule has 1 aromatic rings. The van der Waals surface area contributed by atoms with Gasteiger partial charge in [0.1, 0.15) is 0 Å². The van der Waals surface area contributed by atoms with E-state index < -0.39 is 11.1 Å². The lowest BCUT2D eigenvalue weighted by Crippen LogP contribution is -1.88. The van der Waals surface area contributed by atoms with Crippen molar-refractivity contribution in [2.24, 2.45) is 0 Å². The second-order valence-electron chi connectivity index (χ2n) is 1.23. The van der Waals surface area contributed by atoms with Gasteiger partial charge in [0, 0.05) is 0 Å². The Morgan fingerprint density at radius 1 is 1.11 bits per heavy atom. The van der Waals surface area contributed by atoms with Crippen LogP contribution in [0.15, 0.2) is 9.59 Å². The van der Waals surface area contributed by atoms with E-state index in [9.17, 15) is 9.59 Å². The topological polar surface area (TPSA) is 90.4 Å². The molecule has 0 unspecified atom stereocenters. The molecule has 0 spiro atoms. The molecule has 5 nitrogen and oxygen atoms in total. The van der Waals surface area contributed by atoms with Gasteiger partial charge in [0.15, 0.2) is 0 Å². The van der Waals surface area contributed by atoms with Crippen molar-refractivity contribution in [1.82, 2.24) is 4.98 Å². The predicted octanol–water partition coefficient (Wildman–Crippen LogP) is -2.42. The van der Waals surface area contributed by atoms with Crippen molar-refractivity contribution < 1.29 is 10.2 Å². The molecule has 0 saturated heterocycles. The third kappa shape index (κ3) is 4.92. The fourth-order valence-corrected chi connectivity index (χ4v) is 0.0719. The Balaban J connectivity index is 0.000000148. The molecule has 9 heavy (non-hydrogen) atoms. The van der Waals surface area contributed by atoms with Crippen LogP contribution in [0.2, 0.25) is 0 Å². The van der Waals surface area contributed by atoms with Crippen LogP contribution >= 0.6 is 0 Å². The molecule has 5 heteroatoms. The highest BCUT2D eigenvalue weighted by molar-refractivity contribution is 4.78. The monoisotopic (exact) mass is 133 g/mol. The highest BCUT2D eigenvalue weighted by Crippen LogP contribution is 1.39. The maximum Gasteiger partial charge on any atom is 0.316 e. The Hall–Kier alpha value is -0.940. The first-order valence-corrected chi connectivity index (χ1v) is 2.29. The highest BCUT2D eigenvalue weighted by atomic mass is 16.3. The van der Waals surface area contributed by atoms with E-state index in [1.807, 2.05) is 4.98 Å². The summed E-state index contributed by atoms with van der Waals surface area (Å²) in [5.41, 5.74) is -0.935. The number of nitrogens with one attached hydrogen (secondary N) is 1. The van der Waals surface area contributed by atoms with Crippen molar-refractivity contribution in [3.63, 3.8) is 0 Å². The Morgan fingerprint density at radius 3 is 1.33 bits per heavy atom. The Bertz CT molecular complexity index is 185. The summed E-state index contributed by atoms with van der Waals surface area (Å²) in [6.07, 6.45) is 0. The van der Waals surface area contributed by atoms with Gasteiger partial charge in [0.25, 0.3) is 0 Å². The molecule has 0 fully saturated rings. The molecule has 0 aliphatic carbocycles. The lowest BCUT2D eigenvalue weighted by atomic mass is 10.8. The van der Waals surface area contributed by atoms with Gasteiger partial charge in [-0.05, 0) is 0 Å². The molecule has 0 aromatic carbocycles. The summed E-state index contributed by atoms with van der Waals surface area (Å²) in [5, 5.41) is 15.2. The first-order valence-electron chi connectivity index (χ1n) is 2.29. The molecule has 0 saturated carbocycles. The summed E-state index contributed by atoms with van der Waals surface area (Å²) in [6, 6.07) is 0. The minimum atomic E-state index is -0.468. The minimum Gasteiger partial charge on any atom is -0.394 e. The van der Waals surface area contributed by atoms with E-state index >= 15 is 0 Å². The van der Waals surface area contributed by atoms with Crippen LogP contribution in [0.4, 0.5) is 0 Å². The minimum absolute atomic E-state index is 0.125. The zero-order valence-corrected chi connectivity index (χ0v) is 4.63. The van der Waals surface area contributed by atoms with E-state index in [4.69, 9.17) is 10.2 Å². The van der Waals surface area contributed by atoms with Crippen molar-refractivity contribution >= 4 is 0 Å². The second-order valence-corrected chi connectivity index (χ2v) is 1.23. The highest BCUT2D eigenvalue weighted by Gasteiger charge is 1.96. The van der Waals surface area contributed by atoms with Crippen LogP contribution in [0.5, 0.6) is 0 Å². The second kappa shape index (κ2) is 3.99. The molecule has 3 N–H and O–H groups in total. The molecule has 1 aromatic heterocycles. The number of aliphatic hydroxyl groups excluding tert-OH is 2.